The predicted octanol–water partition coefficient (Wildman–Crippen LogP) is 1.99. The Hall–Kier alpha value is -1.52. The number of fused-ring (bicyclic) bond motifs is 2. The molecular weight excluding hydrogens is 244 g/mol. The summed E-state index contributed by atoms with van der Waals surface area (Å²) in [7, 11) is 0. The number of amides is 2. The lowest BCUT2D eigenvalue weighted by Gasteiger charge is -2.39. The zero-order chi connectivity index (χ0) is 14.0. The second-order valence-corrected chi connectivity index (χ2v) is 5.70. The summed E-state index contributed by atoms with van der Waals surface area (Å²) in [5, 5.41) is 11.8. The largest absolute Gasteiger partial charge is 0.481 e. The molecule has 3 unspecified atom stereocenters. The molecule has 2 saturated heterocycles. The average molecular weight is 266 g/mol. The Labute approximate surface area is 113 Å². The molecule has 0 aromatic heterocycles. The molecule has 2 aliphatic rings. The number of carboxylic acids is 1. The monoisotopic (exact) mass is 266 g/mol. The number of carbonyl (C=O) groups excluding carboxylic acids is 1. The summed E-state index contributed by atoms with van der Waals surface area (Å²) in [6, 6.07) is 0.345. The topological polar surface area (TPSA) is 69.6 Å². The van der Waals surface area contributed by atoms with Crippen molar-refractivity contribution < 1.29 is 14.7 Å². The Bertz CT molecular complexity index is 369. The van der Waals surface area contributed by atoms with Gasteiger partial charge in [0.15, 0.2) is 0 Å². The SMILES string of the molecule is C=CC(C)NC(=O)N1C2CCC1CC(CC(=O)O)C2. The zero-order valence-electron chi connectivity index (χ0n) is 11.3. The number of nitrogens with one attached hydrogen (secondary N) is 1. The van der Waals surface area contributed by atoms with Crippen molar-refractivity contribution >= 4 is 12.0 Å². The lowest BCUT2D eigenvalue weighted by Crippen LogP contribution is -2.52. The lowest BCUT2D eigenvalue weighted by molar-refractivity contribution is -0.138. The fourth-order valence-corrected chi connectivity index (χ4v) is 3.36. The molecule has 3 atom stereocenters. The van der Waals surface area contributed by atoms with Crippen molar-refractivity contribution in [3.63, 3.8) is 0 Å². The molecule has 2 aliphatic heterocycles. The number of rotatable bonds is 4. The highest BCUT2D eigenvalue weighted by Gasteiger charge is 2.43. The van der Waals surface area contributed by atoms with Gasteiger partial charge in [-0.05, 0) is 38.5 Å². The first-order chi connectivity index (χ1) is 9.01. The first-order valence-electron chi connectivity index (χ1n) is 6.94. The number of carbonyl (C=O) groups is 2. The van der Waals surface area contributed by atoms with E-state index in [2.05, 4.69) is 11.9 Å². The van der Waals surface area contributed by atoms with Gasteiger partial charge in [0.25, 0.3) is 0 Å². The fraction of sp³-hybridized carbons (Fsp3) is 0.714. The molecule has 2 amide bonds. The van der Waals surface area contributed by atoms with Crippen LogP contribution in [0.2, 0.25) is 0 Å². The molecule has 2 heterocycles. The van der Waals surface area contributed by atoms with Crippen molar-refractivity contribution in [3.8, 4) is 0 Å². The number of hydrogen-bond acceptors (Lipinski definition) is 2. The van der Waals surface area contributed by atoms with Gasteiger partial charge in [-0.15, -0.1) is 6.58 Å². The lowest BCUT2D eigenvalue weighted by atomic mass is 9.88. The minimum absolute atomic E-state index is 0.0336. The van der Waals surface area contributed by atoms with Crippen LogP contribution in [0.25, 0.3) is 0 Å². The van der Waals surface area contributed by atoms with Crippen LogP contribution in [0.5, 0.6) is 0 Å². The van der Waals surface area contributed by atoms with Gasteiger partial charge in [0, 0.05) is 24.5 Å². The van der Waals surface area contributed by atoms with Crippen molar-refractivity contribution in [2.24, 2.45) is 5.92 Å². The summed E-state index contributed by atoms with van der Waals surface area (Å²) in [5.41, 5.74) is 0. The minimum atomic E-state index is -0.734. The highest BCUT2D eigenvalue weighted by molar-refractivity contribution is 5.76. The Morgan fingerprint density at radius 3 is 2.47 bits per heavy atom. The molecule has 0 saturated carbocycles. The van der Waals surface area contributed by atoms with Crippen LogP contribution in [0.4, 0.5) is 4.79 Å². The molecule has 2 rings (SSSR count). The van der Waals surface area contributed by atoms with Crippen LogP contribution in [-0.2, 0) is 4.79 Å². The van der Waals surface area contributed by atoms with E-state index in [1.54, 1.807) is 6.08 Å². The predicted molar refractivity (Wildman–Crippen MR) is 71.8 cm³/mol. The second kappa shape index (κ2) is 5.63. The first kappa shape index (κ1) is 13.9. The molecule has 19 heavy (non-hydrogen) atoms. The summed E-state index contributed by atoms with van der Waals surface area (Å²) in [6.45, 7) is 5.55. The summed E-state index contributed by atoms with van der Waals surface area (Å²) in [4.78, 5) is 24.9. The van der Waals surface area contributed by atoms with Gasteiger partial charge in [-0.3, -0.25) is 4.79 Å². The quantitative estimate of drug-likeness (QED) is 0.764. The summed E-state index contributed by atoms with van der Waals surface area (Å²) >= 11 is 0. The molecule has 5 heteroatoms. The average Bonchev–Trinajstić information content (AvgIpc) is 2.60. The molecule has 0 radical (unpaired) electrons. The van der Waals surface area contributed by atoms with E-state index in [1.807, 2.05) is 11.8 Å². The van der Waals surface area contributed by atoms with Crippen LogP contribution in [0, 0.1) is 5.92 Å². The van der Waals surface area contributed by atoms with Gasteiger partial charge in [0.2, 0.25) is 0 Å². The van der Waals surface area contributed by atoms with E-state index in [-0.39, 0.29) is 36.5 Å². The van der Waals surface area contributed by atoms with E-state index in [1.165, 1.54) is 0 Å². The van der Waals surface area contributed by atoms with Crippen molar-refractivity contribution in [1.82, 2.24) is 10.2 Å². The van der Waals surface area contributed by atoms with Crippen LogP contribution in [0.3, 0.4) is 0 Å². The van der Waals surface area contributed by atoms with Gasteiger partial charge in [-0.25, -0.2) is 4.79 Å². The highest BCUT2D eigenvalue weighted by Crippen LogP contribution is 2.39. The Balaban J connectivity index is 1.97. The molecule has 0 aromatic rings. The van der Waals surface area contributed by atoms with E-state index >= 15 is 0 Å². The highest BCUT2D eigenvalue weighted by atomic mass is 16.4. The van der Waals surface area contributed by atoms with Crippen LogP contribution < -0.4 is 5.32 Å². The molecule has 0 aliphatic carbocycles. The maximum Gasteiger partial charge on any atom is 0.318 e. The van der Waals surface area contributed by atoms with Crippen LogP contribution in [-0.4, -0.2) is 40.1 Å². The summed E-state index contributed by atoms with van der Waals surface area (Å²) in [6.07, 6.45) is 5.56. The Morgan fingerprint density at radius 1 is 1.42 bits per heavy atom. The van der Waals surface area contributed by atoms with E-state index in [0.29, 0.717) is 0 Å². The van der Waals surface area contributed by atoms with Gasteiger partial charge in [0.1, 0.15) is 0 Å². The standard InChI is InChI=1S/C14H22N2O3/c1-3-9(2)15-14(19)16-11-4-5-12(16)7-10(6-11)8-13(17)18/h3,9-12H,1,4-8H2,2H3,(H,15,19)(H,17,18). The normalized spacial score (nSPS) is 30.8. The van der Waals surface area contributed by atoms with Crippen molar-refractivity contribution in [3.05, 3.63) is 12.7 Å². The Morgan fingerprint density at radius 2 is 2.00 bits per heavy atom. The van der Waals surface area contributed by atoms with Gasteiger partial charge < -0.3 is 15.3 Å². The van der Waals surface area contributed by atoms with E-state index < -0.39 is 5.97 Å². The van der Waals surface area contributed by atoms with Crippen LogP contribution in [0.15, 0.2) is 12.7 Å². The number of aliphatic carboxylic acids is 1. The Kier molecular flexibility index (Phi) is 4.12. The molecule has 2 N–H and O–H groups in total. The van der Waals surface area contributed by atoms with Crippen molar-refractivity contribution in [1.29, 1.82) is 0 Å². The number of carboxylic acid groups (broad SMARTS) is 1. The summed E-state index contributed by atoms with van der Waals surface area (Å²) < 4.78 is 0. The van der Waals surface area contributed by atoms with E-state index in [9.17, 15) is 9.59 Å². The molecular formula is C14H22N2O3. The molecule has 5 nitrogen and oxygen atoms in total. The summed E-state index contributed by atoms with van der Waals surface area (Å²) in [5.74, 6) is -0.515. The van der Waals surface area contributed by atoms with Gasteiger partial charge in [0.05, 0.1) is 0 Å². The third-order valence-electron chi connectivity index (χ3n) is 4.23. The zero-order valence-corrected chi connectivity index (χ0v) is 11.3. The maximum atomic E-state index is 12.2. The second-order valence-electron chi connectivity index (χ2n) is 5.70. The number of urea groups is 1. The third kappa shape index (κ3) is 3.08. The van der Waals surface area contributed by atoms with Crippen molar-refractivity contribution in [2.75, 3.05) is 0 Å². The molecule has 2 fully saturated rings. The number of piperidine rings is 1. The van der Waals surface area contributed by atoms with Crippen molar-refractivity contribution in [2.45, 2.75) is 57.2 Å². The minimum Gasteiger partial charge on any atom is -0.481 e. The first-order valence-corrected chi connectivity index (χ1v) is 6.94. The van der Waals surface area contributed by atoms with E-state index in [4.69, 9.17) is 5.11 Å². The van der Waals surface area contributed by atoms with Gasteiger partial charge in [-0.1, -0.05) is 6.08 Å². The maximum absolute atomic E-state index is 12.2. The molecule has 2 bridgehead atoms. The van der Waals surface area contributed by atoms with Gasteiger partial charge in [-0.2, -0.15) is 0 Å². The van der Waals surface area contributed by atoms with Crippen LogP contribution in [0.1, 0.15) is 39.0 Å². The van der Waals surface area contributed by atoms with Gasteiger partial charge >= 0.3 is 12.0 Å². The molecule has 106 valence electrons. The van der Waals surface area contributed by atoms with E-state index in [0.717, 1.165) is 25.7 Å². The fourth-order valence-electron chi connectivity index (χ4n) is 3.36. The molecule has 0 spiro atoms. The smallest absolute Gasteiger partial charge is 0.318 e. The number of hydrogen-bond donors (Lipinski definition) is 2. The van der Waals surface area contributed by atoms with Crippen LogP contribution >= 0.6 is 0 Å². The third-order valence-corrected chi connectivity index (χ3v) is 4.23. The molecule has 0 aromatic carbocycles. The number of nitrogens with zero attached hydrogens (tertiary/aromatic N) is 1.